The smallest absolute Gasteiger partial charge is 0.259 e. The number of anilines is 2. The Morgan fingerprint density at radius 2 is 2.29 bits per heavy atom. The number of hydrogen-bond donors (Lipinski definition) is 3. The van der Waals surface area contributed by atoms with Gasteiger partial charge in [0.25, 0.3) is 5.91 Å². The number of nitrogens with zero attached hydrogens (tertiary/aromatic N) is 1. The van der Waals surface area contributed by atoms with Gasteiger partial charge in [0.2, 0.25) is 0 Å². The van der Waals surface area contributed by atoms with Crippen LogP contribution in [0.25, 0.3) is 0 Å². The molecule has 4 N–H and O–H groups in total. The van der Waals surface area contributed by atoms with Crippen LogP contribution in [0.2, 0.25) is 0 Å². The summed E-state index contributed by atoms with van der Waals surface area (Å²) in [6.45, 7) is 1.92. The lowest BCUT2D eigenvalue weighted by Crippen LogP contribution is -2.17. The Bertz CT molecular complexity index is 524. The van der Waals surface area contributed by atoms with E-state index in [4.69, 9.17) is 5.84 Å². The van der Waals surface area contributed by atoms with Crippen molar-refractivity contribution in [1.29, 1.82) is 0 Å². The number of rotatable bonds is 3. The monoisotopic (exact) mass is 248 g/mol. The molecule has 5 nitrogen and oxygen atoms in total. The van der Waals surface area contributed by atoms with Gasteiger partial charge in [-0.15, -0.1) is 11.3 Å². The van der Waals surface area contributed by atoms with Gasteiger partial charge in [0.05, 0.1) is 11.3 Å². The van der Waals surface area contributed by atoms with E-state index in [0.29, 0.717) is 16.4 Å². The Morgan fingerprint density at radius 1 is 1.47 bits per heavy atom. The van der Waals surface area contributed by atoms with E-state index < -0.39 is 0 Å². The van der Waals surface area contributed by atoms with Gasteiger partial charge in [-0.1, -0.05) is 11.6 Å². The van der Waals surface area contributed by atoms with E-state index >= 15 is 0 Å². The van der Waals surface area contributed by atoms with Crippen molar-refractivity contribution in [3.05, 3.63) is 40.9 Å². The van der Waals surface area contributed by atoms with Gasteiger partial charge in [0, 0.05) is 11.6 Å². The highest BCUT2D eigenvalue weighted by molar-refractivity contribution is 7.13. The third-order valence-corrected chi connectivity index (χ3v) is 2.92. The number of amides is 1. The highest BCUT2D eigenvalue weighted by Crippen LogP contribution is 2.19. The molecule has 0 aliphatic carbocycles. The summed E-state index contributed by atoms with van der Waals surface area (Å²) >= 11 is 1.37. The summed E-state index contributed by atoms with van der Waals surface area (Å²) in [4.78, 5) is 16.0. The first kappa shape index (κ1) is 11.6. The molecule has 0 spiro atoms. The molecule has 0 aliphatic rings. The average Bonchev–Trinajstić information content (AvgIpc) is 2.81. The molecule has 1 aromatic heterocycles. The van der Waals surface area contributed by atoms with Crippen LogP contribution in [0.4, 0.5) is 10.8 Å². The summed E-state index contributed by atoms with van der Waals surface area (Å²) in [5, 5.41) is 5.08. The van der Waals surface area contributed by atoms with Crippen LogP contribution in [0.15, 0.2) is 29.8 Å². The van der Waals surface area contributed by atoms with Gasteiger partial charge in [-0.25, -0.2) is 4.98 Å². The van der Waals surface area contributed by atoms with Gasteiger partial charge in [-0.3, -0.25) is 16.0 Å². The van der Waals surface area contributed by atoms with Crippen LogP contribution in [-0.4, -0.2) is 10.9 Å². The first-order valence-corrected chi connectivity index (χ1v) is 5.87. The lowest BCUT2D eigenvalue weighted by atomic mass is 10.1. The molecule has 0 fully saturated rings. The number of thiazole rings is 1. The predicted octanol–water partition coefficient (Wildman–Crippen LogP) is 1.99. The molecular weight excluding hydrogens is 236 g/mol. The van der Waals surface area contributed by atoms with Crippen LogP contribution in [0, 0.1) is 6.92 Å². The van der Waals surface area contributed by atoms with Gasteiger partial charge >= 0.3 is 0 Å². The lowest BCUT2D eigenvalue weighted by molar-refractivity contribution is 0.102. The molecule has 0 aliphatic heterocycles. The molecule has 0 atom stereocenters. The summed E-state index contributed by atoms with van der Waals surface area (Å²) in [5.74, 6) is 5.14. The Labute approximate surface area is 103 Å². The van der Waals surface area contributed by atoms with Gasteiger partial charge in [-0.2, -0.15) is 0 Å². The van der Waals surface area contributed by atoms with Crippen LogP contribution in [-0.2, 0) is 0 Å². The van der Waals surface area contributed by atoms with Crippen molar-refractivity contribution in [2.75, 3.05) is 10.7 Å². The first-order chi connectivity index (χ1) is 8.20. The Kier molecular flexibility index (Phi) is 3.36. The standard InChI is InChI=1S/C11H12N4OS/c1-7-2-3-9(15-12)8(6-7)10(16)14-11-13-4-5-17-11/h2-6,15H,12H2,1H3,(H,13,14,16). The van der Waals surface area contributed by atoms with Crippen molar-refractivity contribution < 1.29 is 4.79 Å². The Morgan fingerprint density at radius 3 is 2.94 bits per heavy atom. The molecule has 2 rings (SSSR count). The maximum atomic E-state index is 12.0. The summed E-state index contributed by atoms with van der Waals surface area (Å²) in [6, 6.07) is 5.43. The van der Waals surface area contributed by atoms with Gasteiger partial charge in [0.15, 0.2) is 5.13 Å². The minimum atomic E-state index is -0.225. The summed E-state index contributed by atoms with van der Waals surface area (Å²) in [5.41, 5.74) is 4.59. The summed E-state index contributed by atoms with van der Waals surface area (Å²) in [6.07, 6.45) is 1.64. The third-order valence-electron chi connectivity index (χ3n) is 2.23. The van der Waals surface area contributed by atoms with E-state index in [1.165, 1.54) is 11.3 Å². The molecule has 0 bridgehead atoms. The molecule has 17 heavy (non-hydrogen) atoms. The fourth-order valence-electron chi connectivity index (χ4n) is 1.42. The highest BCUT2D eigenvalue weighted by atomic mass is 32.1. The molecule has 0 unspecified atom stereocenters. The number of carbonyl (C=O) groups excluding carboxylic acids is 1. The van der Waals surface area contributed by atoms with Crippen LogP contribution in [0.1, 0.15) is 15.9 Å². The van der Waals surface area contributed by atoms with Crippen molar-refractivity contribution in [2.45, 2.75) is 6.92 Å². The predicted molar refractivity (Wildman–Crippen MR) is 69.1 cm³/mol. The topological polar surface area (TPSA) is 80.0 Å². The second-order valence-electron chi connectivity index (χ2n) is 3.48. The van der Waals surface area contributed by atoms with E-state index in [1.54, 1.807) is 23.7 Å². The zero-order valence-electron chi connectivity index (χ0n) is 9.23. The van der Waals surface area contributed by atoms with Crippen molar-refractivity contribution >= 4 is 28.1 Å². The van der Waals surface area contributed by atoms with Crippen molar-refractivity contribution in [3.8, 4) is 0 Å². The molecule has 1 heterocycles. The largest absolute Gasteiger partial charge is 0.323 e. The number of aryl methyl sites for hydroxylation is 1. The van der Waals surface area contributed by atoms with E-state index in [0.717, 1.165) is 5.56 Å². The van der Waals surface area contributed by atoms with E-state index in [9.17, 15) is 4.79 Å². The summed E-state index contributed by atoms with van der Waals surface area (Å²) < 4.78 is 0. The van der Waals surface area contributed by atoms with Crippen LogP contribution < -0.4 is 16.6 Å². The van der Waals surface area contributed by atoms with E-state index in [1.807, 2.05) is 13.0 Å². The van der Waals surface area contributed by atoms with E-state index in [-0.39, 0.29) is 5.91 Å². The number of nitrogens with two attached hydrogens (primary N) is 1. The zero-order chi connectivity index (χ0) is 12.3. The fraction of sp³-hybridized carbons (Fsp3) is 0.0909. The number of nitrogens with one attached hydrogen (secondary N) is 2. The molecule has 0 radical (unpaired) electrons. The Balaban J connectivity index is 2.26. The average molecular weight is 248 g/mol. The molecule has 6 heteroatoms. The normalized spacial score (nSPS) is 10.0. The highest BCUT2D eigenvalue weighted by Gasteiger charge is 2.12. The molecule has 0 saturated carbocycles. The molecule has 1 amide bonds. The summed E-state index contributed by atoms with van der Waals surface area (Å²) in [7, 11) is 0. The van der Waals surface area contributed by atoms with E-state index in [2.05, 4.69) is 15.7 Å². The SMILES string of the molecule is Cc1ccc(NN)c(C(=O)Nc2nccs2)c1. The maximum absolute atomic E-state index is 12.0. The molecule has 1 aromatic carbocycles. The van der Waals surface area contributed by atoms with Crippen LogP contribution in [0.5, 0.6) is 0 Å². The number of aromatic nitrogens is 1. The second-order valence-corrected chi connectivity index (χ2v) is 4.38. The minimum Gasteiger partial charge on any atom is -0.323 e. The van der Waals surface area contributed by atoms with Gasteiger partial charge in [0.1, 0.15) is 0 Å². The second kappa shape index (κ2) is 4.94. The zero-order valence-corrected chi connectivity index (χ0v) is 10.0. The van der Waals surface area contributed by atoms with Crippen molar-refractivity contribution in [1.82, 2.24) is 4.98 Å². The van der Waals surface area contributed by atoms with Gasteiger partial charge in [-0.05, 0) is 19.1 Å². The minimum absolute atomic E-state index is 0.225. The number of hydrazine groups is 1. The Hall–Kier alpha value is -1.92. The number of benzene rings is 1. The molecule has 0 saturated heterocycles. The maximum Gasteiger partial charge on any atom is 0.259 e. The number of hydrogen-bond acceptors (Lipinski definition) is 5. The lowest BCUT2D eigenvalue weighted by Gasteiger charge is -2.09. The molecule has 88 valence electrons. The van der Waals surface area contributed by atoms with Crippen molar-refractivity contribution in [2.24, 2.45) is 5.84 Å². The molecule has 2 aromatic rings. The number of nitrogen functional groups attached to an aromatic ring is 1. The van der Waals surface area contributed by atoms with Crippen LogP contribution in [0.3, 0.4) is 0 Å². The number of carbonyl (C=O) groups is 1. The third kappa shape index (κ3) is 2.61. The van der Waals surface area contributed by atoms with Crippen LogP contribution >= 0.6 is 11.3 Å². The first-order valence-electron chi connectivity index (χ1n) is 4.99. The fourth-order valence-corrected chi connectivity index (χ4v) is 1.95. The molecular formula is C11H12N4OS. The van der Waals surface area contributed by atoms with Gasteiger partial charge < -0.3 is 5.43 Å². The van der Waals surface area contributed by atoms with Crippen molar-refractivity contribution in [3.63, 3.8) is 0 Å². The quantitative estimate of drug-likeness (QED) is 0.573.